The summed E-state index contributed by atoms with van der Waals surface area (Å²) in [5, 5.41) is 6.90. The number of aryl methyl sites for hydroxylation is 2. The summed E-state index contributed by atoms with van der Waals surface area (Å²) in [4.78, 5) is 0. The van der Waals surface area contributed by atoms with E-state index in [9.17, 15) is 0 Å². The third-order valence-corrected chi connectivity index (χ3v) is 3.52. The van der Waals surface area contributed by atoms with Crippen LogP contribution in [0.4, 0.5) is 11.4 Å². The van der Waals surface area contributed by atoms with E-state index < -0.39 is 0 Å². The van der Waals surface area contributed by atoms with Crippen LogP contribution in [0.2, 0.25) is 0 Å². The second-order valence-electron chi connectivity index (χ2n) is 5.06. The molecule has 3 rings (SSSR count). The zero-order valence-electron chi connectivity index (χ0n) is 10.8. The largest absolute Gasteiger partial charge is 0.468 e. The normalized spacial score (nSPS) is 17.8. The van der Waals surface area contributed by atoms with Crippen molar-refractivity contribution < 1.29 is 4.42 Å². The summed E-state index contributed by atoms with van der Waals surface area (Å²) in [7, 11) is 0. The third-order valence-electron chi connectivity index (χ3n) is 3.52. The molecule has 2 N–H and O–H groups in total. The van der Waals surface area contributed by atoms with Gasteiger partial charge >= 0.3 is 0 Å². The Labute approximate surface area is 107 Å². The second-order valence-corrected chi connectivity index (χ2v) is 5.06. The fourth-order valence-corrected chi connectivity index (χ4v) is 2.51. The molecule has 2 heterocycles. The highest BCUT2D eigenvalue weighted by Gasteiger charge is 2.19. The maximum Gasteiger partial charge on any atom is 0.116 e. The van der Waals surface area contributed by atoms with Crippen LogP contribution in [0.5, 0.6) is 0 Å². The van der Waals surface area contributed by atoms with Crippen molar-refractivity contribution in [3.8, 4) is 0 Å². The lowest BCUT2D eigenvalue weighted by atomic mass is 9.98. The average molecular weight is 242 g/mol. The van der Waals surface area contributed by atoms with Crippen LogP contribution >= 0.6 is 0 Å². The summed E-state index contributed by atoms with van der Waals surface area (Å²) in [6.45, 7) is 5.25. The number of nitrogens with one attached hydrogen (secondary N) is 2. The molecule has 0 radical (unpaired) electrons. The lowest BCUT2D eigenvalue weighted by molar-refractivity contribution is 0.569. The van der Waals surface area contributed by atoms with Gasteiger partial charge in [-0.3, -0.25) is 0 Å². The van der Waals surface area contributed by atoms with Gasteiger partial charge in [0.25, 0.3) is 0 Å². The molecule has 0 bridgehead atoms. The minimum atomic E-state index is 0.413. The summed E-state index contributed by atoms with van der Waals surface area (Å²) < 4.78 is 5.18. The molecule has 0 aliphatic carbocycles. The number of furan rings is 1. The van der Waals surface area contributed by atoms with Gasteiger partial charge in [0, 0.05) is 12.6 Å². The quantitative estimate of drug-likeness (QED) is 0.848. The Morgan fingerprint density at radius 2 is 2.06 bits per heavy atom. The van der Waals surface area contributed by atoms with Crippen molar-refractivity contribution in [2.45, 2.75) is 26.3 Å². The van der Waals surface area contributed by atoms with Gasteiger partial charge in [0.2, 0.25) is 0 Å². The summed E-state index contributed by atoms with van der Waals surface area (Å²) in [5.74, 6) is 0. The fraction of sp³-hybridized carbons (Fsp3) is 0.333. The molecule has 18 heavy (non-hydrogen) atoms. The van der Waals surface area contributed by atoms with E-state index in [-0.39, 0.29) is 0 Å². The summed E-state index contributed by atoms with van der Waals surface area (Å²) in [5.41, 5.74) is 6.23. The molecule has 1 unspecified atom stereocenters. The van der Waals surface area contributed by atoms with E-state index in [1.807, 2.05) is 0 Å². The van der Waals surface area contributed by atoms with Crippen LogP contribution < -0.4 is 10.6 Å². The van der Waals surface area contributed by atoms with Crippen LogP contribution in [0.1, 0.15) is 16.7 Å². The Morgan fingerprint density at radius 3 is 2.89 bits per heavy atom. The van der Waals surface area contributed by atoms with Crippen LogP contribution in [0.3, 0.4) is 0 Å². The standard InChI is InChI=1S/C15H18N2O/c1-10-3-4-12(11(2)5-10)6-13-7-16-14-8-18-9-15(14)17-13/h3-5,8-9,13,16-17H,6-7H2,1-2H3. The Kier molecular flexibility index (Phi) is 2.74. The van der Waals surface area contributed by atoms with Crippen LogP contribution in [-0.2, 0) is 6.42 Å². The molecular formula is C15H18N2O. The summed E-state index contributed by atoms with van der Waals surface area (Å²) >= 11 is 0. The number of fused-ring (bicyclic) bond motifs is 1. The van der Waals surface area contributed by atoms with Gasteiger partial charge in [-0.05, 0) is 31.4 Å². The first-order valence-corrected chi connectivity index (χ1v) is 6.35. The maximum atomic E-state index is 5.18. The molecule has 1 aliphatic heterocycles. The predicted molar refractivity (Wildman–Crippen MR) is 74.2 cm³/mol. The Hall–Kier alpha value is -1.90. The van der Waals surface area contributed by atoms with Gasteiger partial charge in [0.05, 0.1) is 11.4 Å². The Bertz CT molecular complexity index is 559. The van der Waals surface area contributed by atoms with Crippen molar-refractivity contribution >= 4 is 11.4 Å². The molecule has 1 aromatic heterocycles. The molecule has 0 spiro atoms. The first-order valence-electron chi connectivity index (χ1n) is 6.35. The van der Waals surface area contributed by atoms with Gasteiger partial charge in [0.1, 0.15) is 12.5 Å². The summed E-state index contributed by atoms with van der Waals surface area (Å²) in [6.07, 6.45) is 4.54. The SMILES string of the molecule is Cc1ccc(CC2CNc3cocc3N2)c(C)c1. The van der Waals surface area contributed by atoms with Crippen molar-refractivity contribution in [2.24, 2.45) is 0 Å². The molecule has 0 saturated carbocycles. The maximum absolute atomic E-state index is 5.18. The van der Waals surface area contributed by atoms with Crippen molar-refractivity contribution in [1.82, 2.24) is 0 Å². The molecule has 2 aromatic rings. The van der Waals surface area contributed by atoms with Crippen LogP contribution in [-0.4, -0.2) is 12.6 Å². The second kappa shape index (κ2) is 4.41. The molecule has 0 saturated heterocycles. The lowest BCUT2D eigenvalue weighted by Crippen LogP contribution is -2.34. The van der Waals surface area contributed by atoms with E-state index >= 15 is 0 Å². The van der Waals surface area contributed by atoms with Gasteiger partial charge in [-0.1, -0.05) is 23.8 Å². The molecule has 1 atom stereocenters. The predicted octanol–water partition coefficient (Wildman–Crippen LogP) is 3.35. The fourth-order valence-electron chi connectivity index (χ4n) is 2.51. The monoisotopic (exact) mass is 242 g/mol. The number of hydrogen-bond acceptors (Lipinski definition) is 3. The van der Waals surface area contributed by atoms with E-state index in [0.29, 0.717) is 6.04 Å². The zero-order chi connectivity index (χ0) is 12.5. The van der Waals surface area contributed by atoms with Gasteiger partial charge in [0.15, 0.2) is 0 Å². The highest BCUT2D eigenvalue weighted by atomic mass is 16.3. The molecule has 0 fully saturated rings. The van der Waals surface area contributed by atoms with Crippen LogP contribution in [0.15, 0.2) is 35.1 Å². The van der Waals surface area contributed by atoms with E-state index in [4.69, 9.17) is 4.42 Å². The molecule has 1 aliphatic rings. The minimum absolute atomic E-state index is 0.413. The van der Waals surface area contributed by atoms with Crippen LogP contribution in [0.25, 0.3) is 0 Å². The van der Waals surface area contributed by atoms with Crippen molar-refractivity contribution in [3.05, 3.63) is 47.4 Å². The first kappa shape index (κ1) is 11.2. The van der Waals surface area contributed by atoms with E-state index in [2.05, 4.69) is 42.7 Å². The van der Waals surface area contributed by atoms with Crippen molar-refractivity contribution in [1.29, 1.82) is 0 Å². The lowest BCUT2D eigenvalue weighted by Gasteiger charge is -2.26. The van der Waals surface area contributed by atoms with Gasteiger partial charge in [-0.15, -0.1) is 0 Å². The molecule has 0 amide bonds. The number of benzene rings is 1. The number of rotatable bonds is 2. The molecule has 3 heteroatoms. The zero-order valence-corrected chi connectivity index (χ0v) is 10.8. The highest BCUT2D eigenvalue weighted by Crippen LogP contribution is 2.28. The average Bonchev–Trinajstić information content (AvgIpc) is 2.80. The Balaban J connectivity index is 1.74. The summed E-state index contributed by atoms with van der Waals surface area (Å²) in [6, 6.07) is 7.07. The molecule has 1 aromatic carbocycles. The minimum Gasteiger partial charge on any atom is -0.468 e. The molecule has 94 valence electrons. The van der Waals surface area contributed by atoms with E-state index in [1.54, 1.807) is 12.5 Å². The van der Waals surface area contributed by atoms with Gasteiger partial charge in [-0.25, -0.2) is 0 Å². The van der Waals surface area contributed by atoms with Gasteiger partial charge < -0.3 is 15.1 Å². The first-order chi connectivity index (χ1) is 8.72. The highest BCUT2D eigenvalue weighted by molar-refractivity contribution is 5.69. The number of hydrogen-bond donors (Lipinski definition) is 2. The van der Waals surface area contributed by atoms with Crippen molar-refractivity contribution in [3.63, 3.8) is 0 Å². The molecular weight excluding hydrogens is 224 g/mol. The topological polar surface area (TPSA) is 37.2 Å². The van der Waals surface area contributed by atoms with E-state index in [0.717, 1.165) is 24.3 Å². The smallest absolute Gasteiger partial charge is 0.116 e. The number of anilines is 2. The van der Waals surface area contributed by atoms with E-state index in [1.165, 1.54) is 16.7 Å². The van der Waals surface area contributed by atoms with Crippen LogP contribution in [0, 0.1) is 13.8 Å². The molecule has 3 nitrogen and oxygen atoms in total. The van der Waals surface area contributed by atoms with Gasteiger partial charge in [-0.2, -0.15) is 0 Å². The van der Waals surface area contributed by atoms with Crippen molar-refractivity contribution in [2.75, 3.05) is 17.2 Å². The Morgan fingerprint density at radius 1 is 1.22 bits per heavy atom. The third kappa shape index (κ3) is 2.08.